The standard InChI is InChI=1S/C28H29N3O3/c1-4-26(32)31-25-18-28(19-8-12-22(33-2)13-9-19,20-10-14-23(34-3)15-11-20)17-16-24(25)27(30-31)29-21-6-5-7-21/h4,8-17,21H,1,5-7,18H2,2-3H3,(H,29,30). The van der Waals surface area contributed by atoms with Crippen molar-refractivity contribution in [2.75, 3.05) is 19.5 Å². The summed E-state index contributed by atoms with van der Waals surface area (Å²) in [5.74, 6) is 2.14. The number of methoxy groups -OCH3 is 2. The van der Waals surface area contributed by atoms with Crippen LogP contribution in [0.4, 0.5) is 5.82 Å². The average molecular weight is 456 g/mol. The van der Waals surface area contributed by atoms with Gasteiger partial charge in [-0.15, -0.1) is 5.10 Å². The van der Waals surface area contributed by atoms with Gasteiger partial charge in [0.05, 0.1) is 19.9 Å². The zero-order valence-corrected chi connectivity index (χ0v) is 19.6. The van der Waals surface area contributed by atoms with Crippen LogP contribution in [0.2, 0.25) is 0 Å². The highest BCUT2D eigenvalue weighted by atomic mass is 16.5. The van der Waals surface area contributed by atoms with Crippen LogP contribution in [-0.4, -0.2) is 35.9 Å². The molecule has 0 atom stereocenters. The predicted molar refractivity (Wildman–Crippen MR) is 134 cm³/mol. The summed E-state index contributed by atoms with van der Waals surface area (Å²) in [5.41, 5.74) is 3.57. The highest BCUT2D eigenvalue weighted by molar-refractivity contribution is 5.91. The van der Waals surface area contributed by atoms with E-state index in [2.05, 4.69) is 53.4 Å². The molecule has 0 amide bonds. The third-order valence-corrected chi connectivity index (χ3v) is 7.04. The van der Waals surface area contributed by atoms with Gasteiger partial charge in [-0.2, -0.15) is 4.68 Å². The van der Waals surface area contributed by atoms with Gasteiger partial charge in [0.25, 0.3) is 5.91 Å². The number of ether oxygens (including phenoxy) is 2. The number of nitrogens with one attached hydrogen (secondary N) is 1. The SMILES string of the molecule is C=CC(=O)n1nc(NC2CCC2)c2c1CC(c1ccc(OC)cc1)(c1ccc(OC)cc1)C=C2. The van der Waals surface area contributed by atoms with Crippen molar-refractivity contribution in [3.05, 3.63) is 89.6 Å². The Bertz CT molecular complexity index is 1190. The Morgan fingerprint density at radius 2 is 1.65 bits per heavy atom. The van der Waals surface area contributed by atoms with Crippen molar-refractivity contribution in [2.45, 2.75) is 37.1 Å². The van der Waals surface area contributed by atoms with E-state index in [4.69, 9.17) is 9.47 Å². The molecule has 1 fully saturated rings. The van der Waals surface area contributed by atoms with E-state index in [0.717, 1.165) is 52.5 Å². The minimum Gasteiger partial charge on any atom is -0.497 e. The van der Waals surface area contributed by atoms with Crippen LogP contribution >= 0.6 is 0 Å². The van der Waals surface area contributed by atoms with E-state index in [0.29, 0.717) is 12.5 Å². The Morgan fingerprint density at radius 3 is 2.12 bits per heavy atom. The Hall–Kier alpha value is -3.80. The van der Waals surface area contributed by atoms with Crippen molar-refractivity contribution < 1.29 is 14.3 Å². The third kappa shape index (κ3) is 3.69. The summed E-state index contributed by atoms with van der Waals surface area (Å²) in [5, 5.41) is 8.23. The number of rotatable bonds is 7. The van der Waals surface area contributed by atoms with Crippen LogP contribution in [0.5, 0.6) is 11.5 Å². The molecule has 0 saturated heterocycles. The molecule has 1 N–H and O–H groups in total. The fraction of sp³-hybridized carbons (Fsp3) is 0.286. The number of aromatic nitrogens is 2. The van der Waals surface area contributed by atoms with Crippen molar-refractivity contribution in [3.8, 4) is 11.5 Å². The van der Waals surface area contributed by atoms with E-state index in [1.165, 1.54) is 17.2 Å². The van der Waals surface area contributed by atoms with Crippen LogP contribution in [0.3, 0.4) is 0 Å². The van der Waals surface area contributed by atoms with Crippen molar-refractivity contribution in [1.29, 1.82) is 0 Å². The fourth-order valence-electron chi connectivity index (χ4n) is 4.82. The molecule has 6 heteroatoms. The number of benzene rings is 2. The molecule has 3 aromatic rings. The molecular formula is C28H29N3O3. The van der Waals surface area contributed by atoms with Crippen LogP contribution in [-0.2, 0) is 11.8 Å². The Balaban J connectivity index is 1.65. The Labute approximate surface area is 199 Å². The van der Waals surface area contributed by atoms with E-state index in [1.807, 2.05) is 24.3 Å². The van der Waals surface area contributed by atoms with Gasteiger partial charge in [-0.05, 0) is 60.7 Å². The van der Waals surface area contributed by atoms with Crippen molar-refractivity contribution in [1.82, 2.24) is 9.78 Å². The molecule has 0 unspecified atom stereocenters. The van der Waals surface area contributed by atoms with Gasteiger partial charge in [0, 0.05) is 23.4 Å². The van der Waals surface area contributed by atoms with Gasteiger partial charge >= 0.3 is 0 Å². The first-order valence-electron chi connectivity index (χ1n) is 11.6. The molecule has 2 aliphatic carbocycles. The summed E-state index contributed by atoms with van der Waals surface area (Å²) >= 11 is 0. The maximum absolute atomic E-state index is 12.8. The molecule has 0 radical (unpaired) electrons. The largest absolute Gasteiger partial charge is 0.497 e. The molecule has 1 aromatic heterocycles. The first kappa shape index (κ1) is 22.0. The maximum Gasteiger partial charge on any atom is 0.270 e. The fourth-order valence-corrected chi connectivity index (χ4v) is 4.82. The number of fused-ring (bicyclic) bond motifs is 1. The third-order valence-electron chi connectivity index (χ3n) is 7.04. The Kier molecular flexibility index (Phi) is 5.74. The van der Waals surface area contributed by atoms with Crippen LogP contribution in [0, 0.1) is 0 Å². The molecule has 0 bridgehead atoms. The molecule has 34 heavy (non-hydrogen) atoms. The number of nitrogens with zero attached hydrogens (tertiary/aromatic N) is 2. The predicted octanol–water partition coefficient (Wildman–Crippen LogP) is 5.25. The second-order valence-electron chi connectivity index (χ2n) is 8.87. The van der Waals surface area contributed by atoms with Gasteiger partial charge < -0.3 is 14.8 Å². The van der Waals surface area contributed by atoms with Crippen LogP contribution < -0.4 is 14.8 Å². The maximum atomic E-state index is 12.8. The molecular weight excluding hydrogens is 426 g/mol. The summed E-state index contributed by atoms with van der Waals surface area (Å²) in [7, 11) is 3.33. The number of carbonyl (C=O) groups excluding carboxylic acids is 1. The van der Waals surface area contributed by atoms with E-state index < -0.39 is 5.41 Å². The van der Waals surface area contributed by atoms with Gasteiger partial charge in [0.2, 0.25) is 0 Å². The molecule has 0 aliphatic heterocycles. The molecule has 2 aliphatic rings. The van der Waals surface area contributed by atoms with E-state index in [-0.39, 0.29) is 5.91 Å². The van der Waals surface area contributed by atoms with Gasteiger partial charge in [-0.3, -0.25) is 4.79 Å². The summed E-state index contributed by atoms with van der Waals surface area (Å²) in [6.07, 6.45) is 9.71. The summed E-state index contributed by atoms with van der Waals surface area (Å²) in [4.78, 5) is 12.8. The van der Waals surface area contributed by atoms with Gasteiger partial charge in [0.15, 0.2) is 5.82 Å². The van der Waals surface area contributed by atoms with Crippen LogP contribution in [0.25, 0.3) is 6.08 Å². The van der Waals surface area contributed by atoms with E-state index in [1.54, 1.807) is 14.2 Å². The molecule has 5 rings (SSSR count). The van der Waals surface area contributed by atoms with E-state index >= 15 is 0 Å². The highest BCUT2D eigenvalue weighted by Crippen LogP contribution is 2.44. The lowest BCUT2D eigenvalue weighted by Gasteiger charge is -2.35. The van der Waals surface area contributed by atoms with Crippen LogP contribution in [0.1, 0.15) is 46.4 Å². The van der Waals surface area contributed by atoms with Crippen molar-refractivity contribution in [3.63, 3.8) is 0 Å². The normalized spacial score (nSPS) is 16.3. The summed E-state index contributed by atoms with van der Waals surface area (Å²) < 4.78 is 12.3. The molecule has 1 saturated carbocycles. The lowest BCUT2D eigenvalue weighted by molar-refractivity contribution is 0.0950. The van der Waals surface area contributed by atoms with Crippen LogP contribution in [0.15, 0.2) is 67.3 Å². The second kappa shape index (κ2) is 8.86. The Morgan fingerprint density at radius 1 is 1.06 bits per heavy atom. The van der Waals surface area contributed by atoms with Gasteiger partial charge in [0.1, 0.15) is 11.5 Å². The minimum absolute atomic E-state index is 0.230. The zero-order valence-electron chi connectivity index (χ0n) is 19.6. The molecule has 6 nitrogen and oxygen atoms in total. The summed E-state index contributed by atoms with van der Waals surface area (Å²) in [6.45, 7) is 3.70. The first-order valence-corrected chi connectivity index (χ1v) is 11.6. The van der Waals surface area contributed by atoms with Crippen molar-refractivity contribution in [2.24, 2.45) is 0 Å². The number of hydrogen-bond donors (Lipinski definition) is 1. The van der Waals surface area contributed by atoms with Gasteiger partial charge in [-0.25, -0.2) is 0 Å². The van der Waals surface area contributed by atoms with E-state index in [9.17, 15) is 4.79 Å². The lowest BCUT2D eigenvalue weighted by Crippen LogP contribution is -2.32. The van der Waals surface area contributed by atoms with Gasteiger partial charge in [-0.1, -0.05) is 43.0 Å². The number of anilines is 1. The summed E-state index contributed by atoms with van der Waals surface area (Å²) in [6, 6.07) is 16.6. The minimum atomic E-state index is -0.488. The number of hydrogen-bond acceptors (Lipinski definition) is 5. The second-order valence-corrected chi connectivity index (χ2v) is 8.87. The molecule has 0 spiro atoms. The quantitative estimate of drug-likeness (QED) is 0.493. The first-order chi connectivity index (χ1) is 16.6. The molecule has 2 aromatic carbocycles. The monoisotopic (exact) mass is 455 g/mol. The highest BCUT2D eigenvalue weighted by Gasteiger charge is 2.39. The smallest absolute Gasteiger partial charge is 0.270 e. The number of allylic oxidation sites excluding steroid dienone is 2. The zero-order chi connectivity index (χ0) is 23.7. The molecule has 1 heterocycles. The topological polar surface area (TPSA) is 65.4 Å². The number of carbonyl (C=O) groups is 1. The lowest BCUT2D eigenvalue weighted by atomic mass is 9.68. The molecule has 174 valence electrons. The van der Waals surface area contributed by atoms with Crippen molar-refractivity contribution >= 4 is 17.8 Å². The average Bonchev–Trinajstić information content (AvgIpc) is 3.23.